The van der Waals surface area contributed by atoms with Crippen LogP contribution < -0.4 is 0 Å². The monoisotopic (exact) mass is 237 g/mol. The summed E-state index contributed by atoms with van der Waals surface area (Å²) in [6.07, 6.45) is 0. The summed E-state index contributed by atoms with van der Waals surface area (Å²) in [7, 11) is 0. The number of thiazole rings is 1. The molecule has 1 aromatic carbocycles. The van der Waals surface area contributed by atoms with Gasteiger partial charge in [-0.3, -0.25) is 0 Å². The molecule has 0 radical (unpaired) electrons. The molecule has 2 nitrogen and oxygen atoms in total. The molecule has 0 aliphatic carbocycles. The zero-order valence-electron chi connectivity index (χ0n) is 9.12. The fourth-order valence-corrected chi connectivity index (χ4v) is 2.39. The summed E-state index contributed by atoms with van der Waals surface area (Å²) < 4.78 is 13.1. The maximum atomic E-state index is 13.1. The van der Waals surface area contributed by atoms with Crippen LogP contribution in [-0.4, -0.2) is 10.1 Å². The largest absolute Gasteiger partial charge is 0.391 e. The van der Waals surface area contributed by atoms with Crippen LogP contribution in [0.5, 0.6) is 0 Å². The van der Waals surface area contributed by atoms with E-state index < -0.39 is 0 Å². The lowest BCUT2D eigenvalue weighted by molar-refractivity contribution is 0.284. The van der Waals surface area contributed by atoms with E-state index in [2.05, 4.69) is 4.98 Å². The Kier molecular flexibility index (Phi) is 3.03. The molecular formula is C12H12FNOS. The number of benzene rings is 1. The van der Waals surface area contributed by atoms with Gasteiger partial charge in [-0.25, -0.2) is 9.37 Å². The van der Waals surface area contributed by atoms with Crippen LogP contribution in [0.25, 0.3) is 10.6 Å². The van der Waals surface area contributed by atoms with E-state index in [1.165, 1.54) is 17.4 Å². The van der Waals surface area contributed by atoms with Crippen LogP contribution >= 0.6 is 11.3 Å². The Balaban J connectivity index is 2.46. The Hall–Kier alpha value is -1.26. The van der Waals surface area contributed by atoms with Crippen molar-refractivity contribution in [2.75, 3.05) is 0 Å². The first-order valence-corrected chi connectivity index (χ1v) is 5.77. The molecule has 0 bridgehead atoms. The van der Waals surface area contributed by atoms with Crippen LogP contribution in [0.4, 0.5) is 4.39 Å². The van der Waals surface area contributed by atoms with E-state index in [4.69, 9.17) is 5.11 Å². The minimum Gasteiger partial charge on any atom is -0.391 e. The molecule has 84 valence electrons. The average Bonchev–Trinajstić information content (AvgIpc) is 2.64. The Bertz CT molecular complexity index is 522. The first kappa shape index (κ1) is 11.2. The highest BCUT2D eigenvalue weighted by Crippen LogP contribution is 2.28. The molecule has 1 heterocycles. The van der Waals surface area contributed by atoms with Crippen molar-refractivity contribution in [2.45, 2.75) is 20.5 Å². The molecule has 1 aromatic heterocycles. The predicted octanol–water partition coefficient (Wildman–Crippen LogP) is 3.06. The maximum Gasteiger partial charge on any atom is 0.126 e. The van der Waals surface area contributed by atoms with Gasteiger partial charge in [0.25, 0.3) is 0 Å². The van der Waals surface area contributed by atoms with Crippen LogP contribution in [0.15, 0.2) is 18.2 Å². The van der Waals surface area contributed by atoms with E-state index in [0.717, 1.165) is 21.1 Å². The van der Waals surface area contributed by atoms with E-state index in [-0.39, 0.29) is 12.4 Å². The second kappa shape index (κ2) is 4.31. The lowest BCUT2D eigenvalue weighted by Crippen LogP contribution is -1.84. The molecule has 0 fully saturated rings. The van der Waals surface area contributed by atoms with Crippen molar-refractivity contribution in [1.82, 2.24) is 4.98 Å². The Labute approximate surface area is 97.4 Å². The van der Waals surface area contributed by atoms with E-state index in [1.54, 1.807) is 19.1 Å². The quantitative estimate of drug-likeness (QED) is 0.870. The van der Waals surface area contributed by atoms with Crippen LogP contribution in [0, 0.1) is 19.7 Å². The number of halogens is 1. The number of aliphatic hydroxyl groups excluding tert-OH is 1. The summed E-state index contributed by atoms with van der Waals surface area (Å²) in [5, 5.41) is 9.91. The third kappa shape index (κ3) is 1.99. The van der Waals surface area contributed by atoms with Crippen molar-refractivity contribution in [3.63, 3.8) is 0 Å². The second-order valence-electron chi connectivity index (χ2n) is 3.65. The Morgan fingerprint density at radius 3 is 2.69 bits per heavy atom. The number of hydrogen-bond donors (Lipinski definition) is 1. The van der Waals surface area contributed by atoms with Gasteiger partial charge in [0.1, 0.15) is 10.8 Å². The highest BCUT2D eigenvalue weighted by atomic mass is 32.1. The van der Waals surface area contributed by atoms with Gasteiger partial charge in [0, 0.05) is 5.56 Å². The van der Waals surface area contributed by atoms with E-state index in [1.807, 2.05) is 6.92 Å². The summed E-state index contributed by atoms with van der Waals surface area (Å²) in [5.74, 6) is -0.209. The van der Waals surface area contributed by atoms with Gasteiger partial charge in [-0.1, -0.05) is 0 Å². The molecule has 0 spiro atoms. The third-order valence-corrected chi connectivity index (χ3v) is 3.63. The van der Waals surface area contributed by atoms with Crippen molar-refractivity contribution in [2.24, 2.45) is 0 Å². The van der Waals surface area contributed by atoms with E-state index in [0.29, 0.717) is 5.56 Å². The molecule has 0 saturated heterocycles. The summed E-state index contributed by atoms with van der Waals surface area (Å²) in [5.41, 5.74) is 2.34. The van der Waals surface area contributed by atoms with Gasteiger partial charge < -0.3 is 5.11 Å². The topological polar surface area (TPSA) is 33.1 Å². The number of aromatic nitrogens is 1. The number of nitrogens with zero attached hydrogens (tertiary/aromatic N) is 1. The van der Waals surface area contributed by atoms with Gasteiger partial charge in [0.2, 0.25) is 0 Å². The van der Waals surface area contributed by atoms with Gasteiger partial charge in [-0.15, -0.1) is 11.3 Å². The molecule has 16 heavy (non-hydrogen) atoms. The smallest absolute Gasteiger partial charge is 0.126 e. The van der Waals surface area contributed by atoms with Crippen LogP contribution in [0.2, 0.25) is 0 Å². The van der Waals surface area contributed by atoms with Gasteiger partial charge in [-0.05, 0) is 37.6 Å². The molecule has 0 atom stereocenters. The molecule has 1 N–H and O–H groups in total. The fourth-order valence-electron chi connectivity index (χ4n) is 1.48. The van der Waals surface area contributed by atoms with Crippen molar-refractivity contribution in [3.05, 3.63) is 40.2 Å². The maximum absolute atomic E-state index is 13.1. The van der Waals surface area contributed by atoms with Gasteiger partial charge >= 0.3 is 0 Å². The van der Waals surface area contributed by atoms with Crippen LogP contribution in [0.3, 0.4) is 0 Å². The van der Waals surface area contributed by atoms with Crippen molar-refractivity contribution < 1.29 is 9.50 Å². The number of aliphatic hydroxyl groups is 1. The lowest BCUT2D eigenvalue weighted by atomic mass is 10.1. The summed E-state index contributed by atoms with van der Waals surface area (Å²) in [4.78, 5) is 5.22. The normalized spacial score (nSPS) is 10.8. The summed E-state index contributed by atoms with van der Waals surface area (Å²) in [6, 6.07) is 4.93. The molecule has 0 unspecified atom stereocenters. The number of hydrogen-bond acceptors (Lipinski definition) is 3. The highest BCUT2D eigenvalue weighted by Gasteiger charge is 2.09. The molecular weight excluding hydrogens is 225 g/mol. The molecule has 4 heteroatoms. The van der Waals surface area contributed by atoms with Gasteiger partial charge in [0.15, 0.2) is 0 Å². The van der Waals surface area contributed by atoms with Crippen LogP contribution in [0.1, 0.15) is 16.1 Å². The van der Waals surface area contributed by atoms with E-state index in [9.17, 15) is 4.39 Å². The van der Waals surface area contributed by atoms with Crippen molar-refractivity contribution >= 4 is 11.3 Å². The Morgan fingerprint density at radius 1 is 1.38 bits per heavy atom. The minimum atomic E-state index is -0.209. The molecule has 2 rings (SSSR count). The average molecular weight is 237 g/mol. The molecule has 0 saturated carbocycles. The number of rotatable bonds is 2. The van der Waals surface area contributed by atoms with E-state index >= 15 is 0 Å². The molecule has 0 amide bonds. The molecule has 0 aliphatic heterocycles. The first-order chi connectivity index (χ1) is 7.61. The molecule has 2 aromatic rings. The Morgan fingerprint density at radius 2 is 2.12 bits per heavy atom. The molecule has 0 aliphatic rings. The summed E-state index contributed by atoms with van der Waals surface area (Å²) in [6.45, 7) is 3.60. The van der Waals surface area contributed by atoms with Crippen molar-refractivity contribution in [1.29, 1.82) is 0 Å². The zero-order chi connectivity index (χ0) is 11.7. The lowest BCUT2D eigenvalue weighted by Gasteiger charge is -1.99. The fraction of sp³-hybridized carbons (Fsp3) is 0.250. The SMILES string of the molecule is Cc1cc(-c2nc(C)c(CO)s2)ccc1F. The summed E-state index contributed by atoms with van der Waals surface area (Å²) >= 11 is 1.44. The second-order valence-corrected chi connectivity index (χ2v) is 4.73. The number of aryl methyl sites for hydroxylation is 2. The minimum absolute atomic E-state index is 0.00365. The highest BCUT2D eigenvalue weighted by molar-refractivity contribution is 7.15. The first-order valence-electron chi connectivity index (χ1n) is 4.95. The van der Waals surface area contributed by atoms with Crippen LogP contribution in [-0.2, 0) is 6.61 Å². The van der Waals surface area contributed by atoms with Gasteiger partial charge in [-0.2, -0.15) is 0 Å². The van der Waals surface area contributed by atoms with Crippen molar-refractivity contribution in [3.8, 4) is 10.6 Å². The predicted molar refractivity (Wildman–Crippen MR) is 62.9 cm³/mol. The van der Waals surface area contributed by atoms with Gasteiger partial charge in [0.05, 0.1) is 17.2 Å². The third-order valence-electron chi connectivity index (χ3n) is 2.44. The zero-order valence-corrected chi connectivity index (χ0v) is 9.94. The standard InChI is InChI=1S/C12H12FNOS/c1-7-5-9(3-4-10(7)13)12-14-8(2)11(6-15)16-12/h3-5,15H,6H2,1-2H3.